The van der Waals surface area contributed by atoms with Crippen molar-refractivity contribution in [1.82, 2.24) is 20.1 Å². The number of aryl methyl sites for hydroxylation is 2. The van der Waals surface area contributed by atoms with Crippen LogP contribution < -0.4 is 5.32 Å². The first-order valence-corrected chi connectivity index (χ1v) is 12.7. The van der Waals surface area contributed by atoms with Crippen molar-refractivity contribution < 1.29 is 14.3 Å². The molecule has 33 heavy (non-hydrogen) atoms. The first-order valence-electron chi connectivity index (χ1n) is 11.9. The molecular formula is C25H34N4O3S. The number of thiazole rings is 1. The van der Waals surface area contributed by atoms with Crippen molar-refractivity contribution in [3.63, 3.8) is 0 Å². The van der Waals surface area contributed by atoms with E-state index in [0.717, 1.165) is 66.8 Å². The predicted molar refractivity (Wildman–Crippen MR) is 131 cm³/mol. The molecule has 3 heterocycles. The number of likely N-dealkylation sites (tertiary alicyclic amines) is 1. The highest BCUT2D eigenvalue weighted by Crippen LogP contribution is 2.30. The van der Waals surface area contributed by atoms with Gasteiger partial charge in [-0.2, -0.15) is 0 Å². The number of carbonyl (C=O) groups excluding carboxylic acids is 2. The number of hydrogen-bond acceptors (Lipinski definition) is 6. The molecule has 4 rings (SSSR count). The third-order valence-corrected chi connectivity index (χ3v) is 7.71. The average Bonchev–Trinajstić information content (AvgIpc) is 3.22. The Morgan fingerprint density at radius 3 is 2.48 bits per heavy atom. The van der Waals surface area contributed by atoms with Crippen molar-refractivity contribution in [3.05, 3.63) is 40.4 Å². The standard InChI is InChI=1S/C25H34N4O3S/c1-18-3-5-21(6-4-18)24-27-19(2)23(33-24)25(31)29-10-7-20(8-11-29)17-22(30)26-9-12-28-13-15-32-16-14-28/h3-6,20H,7-17H2,1-2H3,(H,26,30). The molecule has 2 aromatic rings. The van der Waals surface area contributed by atoms with E-state index in [1.165, 1.54) is 16.9 Å². The van der Waals surface area contributed by atoms with Crippen LogP contribution in [-0.4, -0.2) is 79.1 Å². The van der Waals surface area contributed by atoms with Gasteiger partial charge in [0.05, 0.1) is 18.9 Å². The van der Waals surface area contributed by atoms with Gasteiger partial charge in [-0.25, -0.2) is 4.98 Å². The van der Waals surface area contributed by atoms with Crippen LogP contribution in [0.3, 0.4) is 0 Å². The molecule has 178 valence electrons. The Morgan fingerprint density at radius 2 is 1.79 bits per heavy atom. The molecule has 0 saturated carbocycles. The highest BCUT2D eigenvalue weighted by Gasteiger charge is 2.27. The minimum atomic E-state index is 0.0665. The van der Waals surface area contributed by atoms with E-state index in [-0.39, 0.29) is 11.8 Å². The Balaban J connectivity index is 1.23. The lowest BCUT2D eigenvalue weighted by Gasteiger charge is -2.31. The number of hydrogen-bond donors (Lipinski definition) is 1. The van der Waals surface area contributed by atoms with Crippen LogP contribution in [0.5, 0.6) is 0 Å². The third-order valence-electron chi connectivity index (χ3n) is 6.52. The molecule has 0 unspecified atom stereocenters. The van der Waals surface area contributed by atoms with Gasteiger partial charge in [0.1, 0.15) is 9.88 Å². The Labute approximate surface area is 200 Å². The fourth-order valence-corrected chi connectivity index (χ4v) is 5.45. The van der Waals surface area contributed by atoms with E-state index >= 15 is 0 Å². The van der Waals surface area contributed by atoms with Crippen LogP contribution in [-0.2, 0) is 9.53 Å². The van der Waals surface area contributed by atoms with E-state index in [9.17, 15) is 9.59 Å². The topological polar surface area (TPSA) is 74.8 Å². The summed E-state index contributed by atoms with van der Waals surface area (Å²) in [5, 5.41) is 3.95. The number of nitrogens with one attached hydrogen (secondary N) is 1. The van der Waals surface area contributed by atoms with E-state index in [4.69, 9.17) is 4.74 Å². The molecule has 2 amide bonds. The molecule has 2 fully saturated rings. The molecule has 1 aromatic carbocycles. The summed E-state index contributed by atoms with van der Waals surface area (Å²) in [4.78, 5) is 35.1. The smallest absolute Gasteiger partial charge is 0.265 e. The minimum absolute atomic E-state index is 0.0665. The van der Waals surface area contributed by atoms with Crippen LogP contribution in [0, 0.1) is 19.8 Å². The quantitative estimate of drug-likeness (QED) is 0.673. The number of aromatic nitrogens is 1. The first-order chi connectivity index (χ1) is 16.0. The van der Waals surface area contributed by atoms with E-state index < -0.39 is 0 Å². The molecule has 0 atom stereocenters. The number of piperidine rings is 1. The summed E-state index contributed by atoms with van der Waals surface area (Å²) >= 11 is 1.47. The first kappa shape index (κ1) is 23.9. The zero-order valence-corrected chi connectivity index (χ0v) is 20.5. The molecule has 2 saturated heterocycles. The van der Waals surface area contributed by atoms with Crippen LogP contribution in [0.15, 0.2) is 24.3 Å². The van der Waals surface area contributed by atoms with Gasteiger partial charge in [0.2, 0.25) is 5.91 Å². The summed E-state index contributed by atoms with van der Waals surface area (Å²) in [6.45, 7) is 10.4. The highest BCUT2D eigenvalue weighted by atomic mass is 32.1. The molecule has 7 nitrogen and oxygen atoms in total. The summed E-state index contributed by atoms with van der Waals surface area (Å²) < 4.78 is 5.35. The van der Waals surface area contributed by atoms with Crippen LogP contribution >= 0.6 is 11.3 Å². The second-order valence-corrected chi connectivity index (χ2v) is 10.0. The van der Waals surface area contributed by atoms with Crippen molar-refractivity contribution in [2.24, 2.45) is 5.92 Å². The number of carbonyl (C=O) groups is 2. The fraction of sp³-hybridized carbons (Fsp3) is 0.560. The summed E-state index contributed by atoms with van der Waals surface area (Å²) in [7, 11) is 0. The third kappa shape index (κ3) is 6.40. The number of nitrogens with zero attached hydrogens (tertiary/aromatic N) is 3. The predicted octanol–water partition coefficient (Wildman–Crippen LogP) is 3.12. The number of rotatable bonds is 7. The molecule has 2 aliphatic rings. The maximum atomic E-state index is 13.1. The van der Waals surface area contributed by atoms with E-state index in [2.05, 4.69) is 46.4 Å². The number of amides is 2. The second kappa shape index (κ2) is 11.2. The average molecular weight is 471 g/mol. The fourth-order valence-electron chi connectivity index (χ4n) is 4.41. The zero-order valence-electron chi connectivity index (χ0n) is 19.6. The SMILES string of the molecule is Cc1ccc(-c2nc(C)c(C(=O)N3CCC(CC(=O)NCCN4CCOCC4)CC3)s2)cc1. The van der Waals surface area contributed by atoms with Gasteiger partial charge in [-0.15, -0.1) is 11.3 Å². The number of ether oxygens (including phenoxy) is 1. The van der Waals surface area contributed by atoms with Gasteiger partial charge in [-0.3, -0.25) is 14.5 Å². The van der Waals surface area contributed by atoms with Crippen molar-refractivity contribution >= 4 is 23.2 Å². The van der Waals surface area contributed by atoms with E-state index in [1.807, 2.05) is 11.8 Å². The van der Waals surface area contributed by atoms with Crippen molar-refractivity contribution in [2.45, 2.75) is 33.1 Å². The molecule has 0 spiro atoms. The van der Waals surface area contributed by atoms with Crippen LogP contribution in [0.2, 0.25) is 0 Å². The van der Waals surface area contributed by atoms with E-state index in [1.54, 1.807) is 0 Å². The van der Waals surface area contributed by atoms with Gasteiger partial charge in [0.25, 0.3) is 5.91 Å². The maximum Gasteiger partial charge on any atom is 0.265 e. The Hall–Kier alpha value is -2.29. The molecule has 1 aromatic heterocycles. The van der Waals surface area contributed by atoms with Crippen LogP contribution in [0.1, 0.15) is 40.2 Å². The lowest BCUT2D eigenvalue weighted by Crippen LogP contribution is -2.42. The molecular weight excluding hydrogens is 436 g/mol. The normalized spacial score (nSPS) is 17.8. The molecule has 1 N–H and O–H groups in total. The molecule has 0 radical (unpaired) electrons. The minimum Gasteiger partial charge on any atom is -0.379 e. The van der Waals surface area contributed by atoms with Gasteiger partial charge in [-0.05, 0) is 32.6 Å². The van der Waals surface area contributed by atoms with Crippen molar-refractivity contribution in [3.8, 4) is 10.6 Å². The van der Waals surface area contributed by atoms with Gasteiger partial charge in [-0.1, -0.05) is 29.8 Å². The second-order valence-electron chi connectivity index (χ2n) is 9.04. The lowest BCUT2D eigenvalue weighted by atomic mass is 9.93. The van der Waals surface area contributed by atoms with Crippen molar-refractivity contribution in [1.29, 1.82) is 0 Å². The molecule has 8 heteroatoms. The number of benzene rings is 1. The van der Waals surface area contributed by atoms with Gasteiger partial charge in [0.15, 0.2) is 0 Å². The highest BCUT2D eigenvalue weighted by molar-refractivity contribution is 7.17. The largest absolute Gasteiger partial charge is 0.379 e. The van der Waals surface area contributed by atoms with Crippen LogP contribution in [0.4, 0.5) is 0 Å². The monoisotopic (exact) mass is 470 g/mol. The van der Waals surface area contributed by atoms with Gasteiger partial charge in [0, 0.05) is 51.3 Å². The zero-order chi connectivity index (χ0) is 23.2. The number of morpholine rings is 1. The lowest BCUT2D eigenvalue weighted by molar-refractivity contribution is -0.122. The van der Waals surface area contributed by atoms with Crippen molar-refractivity contribution in [2.75, 3.05) is 52.5 Å². The van der Waals surface area contributed by atoms with Gasteiger partial charge >= 0.3 is 0 Å². The van der Waals surface area contributed by atoms with E-state index in [0.29, 0.717) is 32.0 Å². The Bertz CT molecular complexity index is 945. The Kier molecular flexibility index (Phi) is 8.11. The summed E-state index contributed by atoms with van der Waals surface area (Å²) in [5.41, 5.74) is 3.05. The molecule has 0 bridgehead atoms. The molecule has 2 aliphatic heterocycles. The summed E-state index contributed by atoms with van der Waals surface area (Å²) in [5.74, 6) is 0.522. The molecule has 0 aliphatic carbocycles. The summed E-state index contributed by atoms with van der Waals surface area (Å²) in [6.07, 6.45) is 2.28. The Morgan fingerprint density at radius 1 is 1.09 bits per heavy atom. The van der Waals surface area contributed by atoms with Gasteiger partial charge < -0.3 is 15.0 Å². The summed E-state index contributed by atoms with van der Waals surface area (Å²) in [6, 6.07) is 8.24. The van der Waals surface area contributed by atoms with Crippen LogP contribution in [0.25, 0.3) is 10.6 Å². The maximum absolute atomic E-state index is 13.1.